The van der Waals surface area contributed by atoms with E-state index in [-0.39, 0.29) is 5.91 Å². The van der Waals surface area contributed by atoms with Crippen molar-refractivity contribution in [2.24, 2.45) is 0 Å². The fraction of sp³-hybridized carbons (Fsp3) is 0.300. The molecule has 0 spiro atoms. The van der Waals surface area contributed by atoms with E-state index in [0.29, 0.717) is 43.6 Å². The first-order chi connectivity index (χ1) is 13.4. The number of nitrogens with one attached hydrogen (secondary N) is 1. The Labute approximate surface area is 159 Å². The number of hydrogen-bond donors (Lipinski definition) is 1. The Morgan fingerprint density at radius 3 is 2.68 bits per heavy atom. The second-order valence-corrected chi connectivity index (χ2v) is 6.75. The van der Waals surface area contributed by atoms with E-state index in [0.717, 1.165) is 29.2 Å². The SMILES string of the molecule is O=C(CCc1ccco1)N1CCc2[nH]nc(-c3ccc(C(F)(F)F)cc3)c2C1. The van der Waals surface area contributed by atoms with Crippen molar-refractivity contribution in [3.8, 4) is 11.3 Å². The molecule has 0 saturated heterocycles. The normalized spacial score (nSPS) is 14.2. The molecule has 146 valence electrons. The molecule has 0 atom stereocenters. The van der Waals surface area contributed by atoms with Crippen LogP contribution < -0.4 is 0 Å². The summed E-state index contributed by atoms with van der Waals surface area (Å²) in [6.45, 7) is 0.970. The zero-order valence-corrected chi connectivity index (χ0v) is 14.9. The average molecular weight is 389 g/mol. The van der Waals surface area contributed by atoms with Crippen molar-refractivity contribution < 1.29 is 22.4 Å². The number of hydrogen-bond acceptors (Lipinski definition) is 3. The highest BCUT2D eigenvalue weighted by atomic mass is 19.4. The topological polar surface area (TPSA) is 62.1 Å². The number of H-pyrrole nitrogens is 1. The van der Waals surface area contributed by atoms with Gasteiger partial charge in [0.2, 0.25) is 5.91 Å². The van der Waals surface area contributed by atoms with Crippen LogP contribution in [0.2, 0.25) is 0 Å². The highest BCUT2D eigenvalue weighted by Crippen LogP contribution is 2.33. The molecule has 3 aromatic rings. The Hall–Kier alpha value is -3.03. The number of carbonyl (C=O) groups excluding carboxylic acids is 1. The number of amides is 1. The predicted molar refractivity (Wildman–Crippen MR) is 95.2 cm³/mol. The van der Waals surface area contributed by atoms with Gasteiger partial charge in [0.15, 0.2) is 0 Å². The summed E-state index contributed by atoms with van der Waals surface area (Å²) >= 11 is 0. The Morgan fingerprint density at radius 2 is 2.00 bits per heavy atom. The molecule has 0 aliphatic carbocycles. The summed E-state index contributed by atoms with van der Waals surface area (Å²) in [5.74, 6) is 0.779. The van der Waals surface area contributed by atoms with Gasteiger partial charge in [0.1, 0.15) is 5.76 Å². The zero-order valence-electron chi connectivity index (χ0n) is 14.9. The first-order valence-electron chi connectivity index (χ1n) is 8.96. The summed E-state index contributed by atoms with van der Waals surface area (Å²) in [6, 6.07) is 8.54. The third-order valence-corrected chi connectivity index (χ3v) is 4.94. The minimum Gasteiger partial charge on any atom is -0.469 e. The molecule has 3 heterocycles. The number of halogens is 3. The highest BCUT2D eigenvalue weighted by Gasteiger charge is 2.31. The number of fused-ring (bicyclic) bond motifs is 1. The molecule has 0 bridgehead atoms. The Bertz CT molecular complexity index is 960. The summed E-state index contributed by atoms with van der Waals surface area (Å²) in [4.78, 5) is 14.3. The van der Waals surface area contributed by atoms with Crippen molar-refractivity contribution in [1.29, 1.82) is 0 Å². The van der Waals surface area contributed by atoms with E-state index in [1.807, 2.05) is 6.07 Å². The van der Waals surface area contributed by atoms with Crippen LogP contribution in [0.4, 0.5) is 13.2 Å². The first kappa shape index (κ1) is 18.3. The van der Waals surface area contributed by atoms with Gasteiger partial charge in [-0.2, -0.15) is 18.3 Å². The Balaban J connectivity index is 1.49. The van der Waals surface area contributed by atoms with Crippen LogP contribution in [-0.2, 0) is 30.4 Å². The molecule has 0 saturated carbocycles. The largest absolute Gasteiger partial charge is 0.469 e. The minimum absolute atomic E-state index is 0.0154. The predicted octanol–water partition coefficient (Wildman–Crippen LogP) is 4.21. The van der Waals surface area contributed by atoms with Gasteiger partial charge in [-0.1, -0.05) is 12.1 Å². The molecular formula is C20H18F3N3O2. The molecule has 0 unspecified atom stereocenters. The van der Waals surface area contributed by atoms with E-state index in [4.69, 9.17) is 4.42 Å². The van der Waals surface area contributed by atoms with Gasteiger partial charge in [0, 0.05) is 49.2 Å². The van der Waals surface area contributed by atoms with Crippen molar-refractivity contribution in [3.05, 3.63) is 65.2 Å². The van der Waals surface area contributed by atoms with Crippen LogP contribution in [0.25, 0.3) is 11.3 Å². The number of aromatic amines is 1. The van der Waals surface area contributed by atoms with Gasteiger partial charge < -0.3 is 9.32 Å². The second kappa shape index (κ2) is 7.18. The molecule has 2 aromatic heterocycles. The lowest BCUT2D eigenvalue weighted by Gasteiger charge is -2.27. The van der Waals surface area contributed by atoms with Crippen LogP contribution in [0.3, 0.4) is 0 Å². The molecule has 4 rings (SSSR count). The maximum Gasteiger partial charge on any atom is 0.416 e. The van der Waals surface area contributed by atoms with Crippen molar-refractivity contribution in [2.45, 2.75) is 32.0 Å². The first-order valence-corrected chi connectivity index (χ1v) is 8.96. The molecule has 28 heavy (non-hydrogen) atoms. The summed E-state index contributed by atoms with van der Waals surface area (Å²) in [5, 5.41) is 7.24. The number of rotatable bonds is 4. The summed E-state index contributed by atoms with van der Waals surface area (Å²) in [6.07, 6.45) is -1.28. The molecule has 0 fully saturated rings. The Morgan fingerprint density at radius 1 is 1.21 bits per heavy atom. The standard InChI is InChI=1S/C20H18F3N3O2/c21-20(22,23)14-5-3-13(4-6-14)19-16-12-26(10-9-17(16)24-25-19)18(27)8-7-15-2-1-11-28-15/h1-6,11H,7-10,12H2,(H,24,25). The molecule has 0 radical (unpaired) electrons. The number of benzene rings is 1. The van der Waals surface area contributed by atoms with Gasteiger partial charge in [-0.15, -0.1) is 0 Å². The monoisotopic (exact) mass is 389 g/mol. The molecular weight excluding hydrogens is 371 g/mol. The van der Waals surface area contributed by atoms with Crippen LogP contribution in [0.1, 0.15) is 29.0 Å². The number of nitrogens with zero attached hydrogens (tertiary/aromatic N) is 2. The van der Waals surface area contributed by atoms with Crippen LogP contribution in [0.15, 0.2) is 47.1 Å². The second-order valence-electron chi connectivity index (χ2n) is 6.75. The third-order valence-electron chi connectivity index (χ3n) is 4.94. The van der Waals surface area contributed by atoms with Crippen LogP contribution in [0.5, 0.6) is 0 Å². The molecule has 5 nitrogen and oxygen atoms in total. The lowest BCUT2D eigenvalue weighted by molar-refractivity contribution is -0.137. The quantitative estimate of drug-likeness (QED) is 0.727. The summed E-state index contributed by atoms with van der Waals surface area (Å²) in [7, 11) is 0. The van der Waals surface area contributed by atoms with Gasteiger partial charge in [0.05, 0.1) is 17.5 Å². The van der Waals surface area contributed by atoms with Gasteiger partial charge in [-0.25, -0.2) is 0 Å². The lowest BCUT2D eigenvalue weighted by atomic mass is 9.99. The number of furan rings is 1. The van der Waals surface area contributed by atoms with E-state index in [9.17, 15) is 18.0 Å². The fourth-order valence-electron chi connectivity index (χ4n) is 3.41. The van der Waals surface area contributed by atoms with Crippen molar-refractivity contribution in [3.63, 3.8) is 0 Å². The van der Waals surface area contributed by atoms with Gasteiger partial charge in [-0.05, 0) is 24.3 Å². The molecule has 1 aromatic carbocycles. The van der Waals surface area contributed by atoms with Gasteiger partial charge >= 0.3 is 6.18 Å². The maximum atomic E-state index is 12.8. The number of aromatic nitrogens is 2. The maximum absolute atomic E-state index is 12.8. The third kappa shape index (κ3) is 3.67. The number of carbonyl (C=O) groups is 1. The molecule has 1 amide bonds. The molecule has 1 N–H and O–H groups in total. The summed E-state index contributed by atoms with van der Waals surface area (Å²) in [5.41, 5.74) is 2.26. The fourth-order valence-corrected chi connectivity index (χ4v) is 3.41. The van der Waals surface area contributed by atoms with Gasteiger partial charge in [0.25, 0.3) is 0 Å². The smallest absolute Gasteiger partial charge is 0.416 e. The van der Waals surface area contributed by atoms with E-state index in [2.05, 4.69) is 10.2 Å². The van der Waals surface area contributed by atoms with Crippen molar-refractivity contribution in [1.82, 2.24) is 15.1 Å². The molecule has 8 heteroatoms. The molecule has 1 aliphatic rings. The highest BCUT2D eigenvalue weighted by molar-refractivity contribution is 5.77. The van der Waals surface area contributed by atoms with Crippen molar-refractivity contribution in [2.75, 3.05) is 6.54 Å². The van der Waals surface area contributed by atoms with Crippen LogP contribution in [-0.4, -0.2) is 27.5 Å². The van der Waals surface area contributed by atoms with E-state index >= 15 is 0 Å². The number of alkyl halides is 3. The minimum atomic E-state index is -4.37. The zero-order chi connectivity index (χ0) is 19.7. The van der Waals surface area contributed by atoms with Crippen molar-refractivity contribution >= 4 is 5.91 Å². The average Bonchev–Trinajstić information content (AvgIpc) is 3.34. The van der Waals surface area contributed by atoms with Crippen LogP contribution in [0, 0.1) is 0 Å². The summed E-state index contributed by atoms with van der Waals surface area (Å²) < 4.78 is 43.6. The van der Waals surface area contributed by atoms with E-state index < -0.39 is 11.7 Å². The lowest BCUT2D eigenvalue weighted by Crippen LogP contribution is -2.36. The van der Waals surface area contributed by atoms with E-state index in [1.54, 1.807) is 17.2 Å². The number of aryl methyl sites for hydroxylation is 1. The van der Waals surface area contributed by atoms with Crippen LogP contribution >= 0.6 is 0 Å². The van der Waals surface area contributed by atoms with E-state index in [1.165, 1.54) is 12.1 Å². The Kier molecular flexibility index (Phi) is 4.70. The molecule has 1 aliphatic heterocycles. The van der Waals surface area contributed by atoms with Gasteiger partial charge in [-0.3, -0.25) is 9.89 Å².